The second kappa shape index (κ2) is 6.41. The van der Waals surface area contributed by atoms with Crippen LogP contribution in [-0.2, 0) is 15.1 Å². The van der Waals surface area contributed by atoms with Gasteiger partial charge in [-0.25, -0.2) is 4.79 Å². The molecule has 1 atom stereocenters. The molecule has 0 spiro atoms. The van der Waals surface area contributed by atoms with E-state index >= 15 is 0 Å². The van der Waals surface area contributed by atoms with Crippen LogP contribution >= 0.6 is 0 Å². The van der Waals surface area contributed by atoms with Gasteiger partial charge in [-0.2, -0.15) is 0 Å². The molecule has 0 aliphatic carbocycles. The Morgan fingerprint density at radius 3 is 2.50 bits per heavy atom. The van der Waals surface area contributed by atoms with E-state index in [1.54, 1.807) is 38.1 Å². The van der Waals surface area contributed by atoms with Crippen LogP contribution in [0, 0.1) is 0 Å². The molecule has 1 unspecified atom stereocenters. The molecule has 1 aromatic carbocycles. The number of carboxylic acid groups (broad SMARTS) is 1. The SMILES string of the molecule is CCOc1ccccc1C(C)(C(=O)O)N(C=O)C(C)C. The average molecular weight is 279 g/mol. The fraction of sp³-hybridized carbons (Fsp3) is 0.467. The summed E-state index contributed by atoms with van der Waals surface area (Å²) in [7, 11) is 0. The molecule has 1 rings (SSSR count). The predicted octanol–water partition coefficient (Wildman–Crippen LogP) is 2.25. The van der Waals surface area contributed by atoms with E-state index in [1.165, 1.54) is 11.8 Å². The number of ether oxygens (including phenoxy) is 1. The van der Waals surface area contributed by atoms with Gasteiger partial charge < -0.3 is 14.7 Å². The van der Waals surface area contributed by atoms with Gasteiger partial charge in [0.2, 0.25) is 6.41 Å². The summed E-state index contributed by atoms with van der Waals surface area (Å²) in [6, 6.07) is 6.66. The van der Waals surface area contributed by atoms with E-state index in [2.05, 4.69) is 0 Å². The smallest absolute Gasteiger partial charge is 0.334 e. The first-order valence-electron chi connectivity index (χ1n) is 6.59. The highest BCUT2D eigenvalue weighted by atomic mass is 16.5. The van der Waals surface area contributed by atoms with Gasteiger partial charge in [-0.1, -0.05) is 18.2 Å². The molecule has 5 nitrogen and oxygen atoms in total. The lowest BCUT2D eigenvalue weighted by Gasteiger charge is -2.39. The molecule has 0 saturated carbocycles. The first kappa shape index (κ1) is 16.0. The Hall–Kier alpha value is -2.04. The number of carbonyl (C=O) groups is 2. The lowest BCUT2D eigenvalue weighted by molar-refractivity contribution is -0.156. The quantitative estimate of drug-likeness (QED) is 0.777. The zero-order chi connectivity index (χ0) is 15.3. The first-order chi connectivity index (χ1) is 9.39. The van der Waals surface area contributed by atoms with Crippen LogP contribution in [0.2, 0.25) is 0 Å². The van der Waals surface area contributed by atoms with Crippen LogP contribution < -0.4 is 4.74 Å². The highest BCUT2D eigenvalue weighted by Gasteiger charge is 2.44. The number of aliphatic carboxylic acids is 1. The summed E-state index contributed by atoms with van der Waals surface area (Å²) in [5, 5.41) is 9.67. The van der Waals surface area contributed by atoms with Gasteiger partial charge >= 0.3 is 5.97 Å². The second-order valence-corrected chi connectivity index (χ2v) is 4.91. The minimum atomic E-state index is -1.47. The molecule has 0 fully saturated rings. The lowest BCUT2D eigenvalue weighted by Crippen LogP contribution is -2.52. The van der Waals surface area contributed by atoms with Crippen molar-refractivity contribution in [1.29, 1.82) is 0 Å². The van der Waals surface area contributed by atoms with E-state index in [4.69, 9.17) is 4.74 Å². The number of nitrogens with zero attached hydrogens (tertiary/aromatic N) is 1. The largest absolute Gasteiger partial charge is 0.493 e. The van der Waals surface area contributed by atoms with Crippen molar-refractivity contribution >= 4 is 12.4 Å². The van der Waals surface area contributed by atoms with Crippen molar-refractivity contribution < 1.29 is 19.4 Å². The Morgan fingerprint density at radius 2 is 2.05 bits per heavy atom. The van der Waals surface area contributed by atoms with Crippen LogP contribution in [0.4, 0.5) is 0 Å². The molecule has 1 aromatic rings. The topological polar surface area (TPSA) is 66.8 Å². The highest BCUT2D eigenvalue weighted by molar-refractivity contribution is 5.84. The van der Waals surface area contributed by atoms with Crippen molar-refractivity contribution in [2.45, 2.75) is 39.3 Å². The Bertz CT molecular complexity index is 487. The minimum absolute atomic E-state index is 0.247. The molecule has 0 radical (unpaired) electrons. The van der Waals surface area contributed by atoms with Gasteiger partial charge in [-0.15, -0.1) is 0 Å². The summed E-state index contributed by atoms with van der Waals surface area (Å²) in [6.07, 6.45) is 0.571. The molecule has 0 saturated heterocycles. The van der Waals surface area contributed by atoms with E-state index < -0.39 is 11.5 Å². The maximum absolute atomic E-state index is 11.8. The van der Waals surface area contributed by atoms with E-state index in [1.807, 2.05) is 6.92 Å². The fourth-order valence-corrected chi connectivity index (χ4v) is 2.26. The van der Waals surface area contributed by atoms with Crippen LogP contribution in [0.1, 0.15) is 33.3 Å². The van der Waals surface area contributed by atoms with Crippen molar-refractivity contribution in [1.82, 2.24) is 4.90 Å². The molecule has 20 heavy (non-hydrogen) atoms. The van der Waals surface area contributed by atoms with Crippen molar-refractivity contribution in [3.8, 4) is 5.75 Å². The summed E-state index contributed by atoms with van der Waals surface area (Å²) in [4.78, 5) is 24.5. The molecule has 0 aliphatic heterocycles. The van der Waals surface area contributed by atoms with Crippen molar-refractivity contribution in [3.63, 3.8) is 0 Å². The molecule has 0 heterocycles. The minimum Gasteiger partial charge on any atom is -0.493 e. The third-order valence-electron chi connectivity index (χ3n) is 3.31. The standard InChI is InChI=1S/C15H21NO4/c1-5-20-13-9-7-6-8-12(13)15(4,14(18)19)16(10-17)11(2)3/h6-11H,5H2,1-4H3,(H,18,19). The van der Waals surface area contributed by atoms with Crippen LogP contribution in [0.15, 0.2) is 24.3 Å². The summed E-state index contributed by atoms with van der Waals surface area (Å²) in [6.45, 7) is 7.32. The Balaban J connectivity index is 3.47. The molecular formula is C15H21NO4. The fourth-order valence-electron chi connectivity index (χ4n) is 2.26. The highest BCUT2D eigenvalue weighted by Crippen LogP contribution is 2.35. The van der Waals surface area contributed by atoms with Crippen LogP contribution in [0.25, 0.3) is 0 Å². The summed E-state index contributed by atoms with van der Waals surface area (Å²) in [5.74, 6) is -0.613. The van der Waals surface area contributed by atoms with Gasteiger partial charge in [-0.05, 0) is 33.8 Å². The van der Waals surface area contributed by atoms with Gasteiger partial charge in [0, 0.05) is 11.6 Å². The maximum atomic E-state index is 11.8. The monoisotopic (exact) mass is 279 g/mol. The Labute approximate surface area is 119 Å². The average Bonchev–Trinajstić information content (AvgIpc) is 2.39. The number of carboxylic acids is 1. The number of carbonyl (C=O) groups excluding carboxylic acids is 1. The number of benzene rings is 1. The summed E-state index contributed by atoms with van der Waals surface area (Å²) >= 11 is 0. The third-order valence-corrected chi connectivity index (χ3v) is 3.31. The van der Waals surface area contributed by atoms with Gasteiger partial charge in [0.1, 0.15) is 5.75 Å². The molecule has 110 valence electrons. The molecule has 5 heteroatoms. The van der Waals surface area contributed by atoms with E-state index in [0.717, 1.165) is 0 Å². The van der Waals surface area contributed by atoms with Crippen LogP contribution in [0.5, 0.6) is 5.75 Å². The zero-order valence-electron chi connectivity index (χ0n) is 12.3. The number of hydrogen-bond acceptors (Lipinski definition) is 3. The third kappa shape index (κ3) is 2.76. The molecular weight excluding hydrogens is 258 g/mol. The first-order valence-corrected chi connectivity index (χ1v) is 6.59. The number of rotatable bonds is 7. The van der Waals surface area contributed by atoms with E-state index in [9.17, 15) is 14.7 Å². The Kier molecular flexibility index (Phi) is 5.13. The van der Waals surface area contributed by atoms with Gasteiger partial charge in [-0.3, -0.25) is 4.79 Å². The molecule has 1 amide bonds. The number of hydrogen-bond donors (Lipinski definition) is 1. The lowest BCUT2D eigenvalue weighted by atomic mass is 9.88. The van der Waals surface area contributed by atoms with Crippen LogP contribution in [0.3, 0.4) is 0 Å². The second-order valence-electron chi connectivity index (χ2n) is 4.91. The van der Waals surface area contributed by atoms with E-state index in [0.29, 0.717) is 24.3 Å². The number of amides is 1. The van der Waals surface area contributed by atoms with Gasteiger partial charge in [0.25, 0.3) is 0 Å². The Morgan fingerprint density at radius 1 is 1.45 bits per heavy atom. The van der Waals surface area contributed by atoms with Crippen molar-refractivity contribution in [2.24, 2.45) is 0 Å². The van der Waals surface area contributed by atoms with E-state index in [-0.39, 0.29) is 6.04 Å². The number of para-hydroxylation sites is 1. The molecule has 0 bridgehead atoms. The summed E-state index contributed by atoms with van der Waals surface area (Å²) < 4.78 is 5.50. The molecule has 0 aliphatic rings. The normalized spacial score (nSPS) is 13.7. The van der Waals surface area contributed by atoms with Gasteiger partial charge in [0.05, 0.1) is 6.61 Å². The van der Waals surface area contributed by atoms with Crippen molar-refractivity contribution in [3.05, 3.63) is 29.8 Å². The summed E-state index contributed by atoms with van der Waals surface area (Å²) in [5.41, 5.74) is -1.00. The van der Waals surface area contributed by atoms with Crippen molar-refractivity contribution in [2.75, 3.05) is 6.61 Å². The maximum Gasteiger partial charge on any atom is 0.334 e. The van der Waals surface area contributed by atoms with Gasteiger partial charge in [0.15, 0.2) is 5.54 Å². The molecule has 0 aromatic heterocycles. The predicted molar refractivity (Wildman–Crippen MR) is 75.6 cm³/mol. The zero-order valence-corrected chi connectivity index (χ0v) is 12.3. The van der Waals surface area contributed by atoms with Crippen LogP contribution in [-0.4, -0.2) is 35.0 Å². The molecule has 1 N–H and O–H groups in total.